The second-order valence-electron chi connectivity index (χ2n) is 6.25. The van der Waals surface area contributed by atoms with Crippen LogP contribution in [0.3, 0.4) is 0 Å². The first-order valence-corrected chi connectivity index (χ1v) is 8.63. The van der Waals surface area contributed by atoms with Gasteiger partial charge in [-0.2, -0.15) is 0 Å². The SMILES string of the molecule is Cc1nc(-c2ncccn2)sc1C(=O)NCC1(C)CCNCC1.Cl. The van der Waals surface area contributed by atoms with Crippen molar-refractivity contribution in [1.29, 1.82) is 0 Å². The minimum atomic E-state index is -0.0538. The zero-order chi connectivity index (χ0) is 16.3. The van der Waals surface area contributed by atoms with Gasteiger partial charge in [0, 0.05) is 18.9 Å². The Morgan fingerprint density at radius 1 is 1.33 bits per heavy atom. The van der Waals surface area contributed by atoms with Crippen LogP contribution in [0.1, 0.15) is 35.1 Å². The average Bonchev–Trinajstić information content (AvgIpc) is 2.96. The molecule has 6 nitrogen and oxygen atoms in total. The summed E-state index contributed by atoms with van der Waals surface area (Å²) in [6.45, 7) is 6.81. The Balaban J connectivity index is 0.00000208. The van der Waals surface area contributed by atoms with E-state index in [9.17, 15) is 4.79 Å². The molecule has 2 aromatic rings. The highest BCUT2D eigenvalue weighted by Gasteiger charge is 2.28. The van der Waals surface area contributed by atoms with Crippen molar-refractivity contribution in [2.45, 2.75) is 26.7 Å². The highest BCUT2D eigenvalue weighted by Crippen LogP contribution is 2.28. The van der Waals surface area contributed by atoms with E-state index in [4.69, 9.17) is 0 Å². The molecule has 2 aromatic heterocycles. The van der Waals surface area contributed by atoms with Gasteiger partial charge in [0.05, 0.1) is 5.69 Å². The molecule has 0 aromatic carbocycles. The molecule has 1 amide bonds. The van der Waals surface area contributed by atoms with Crippen molar-refractivity contribution in [2.75, 3.05) is 19.6 Å². The van der Waals surface area contributed by atoms with E-state index < -0.39 is 0 Å². The molecular formula is C16H22ClN5OS. The third-order valence-corrected chi connectivity index (χ3v) is 5.40. The third kappa shape index (κ3) is 4.28. The summed E-state index contributed by atoms with van der Waals surface area (Å²) in [5.74, 6) is 0.506. The van der Waals surface area contributed by atoms with E-state index >= 15 is 0 Å². The molecule has 0 saturated carbocycles. The van der Waals surface area contributed by atoms with E-state index in [1.165, 1.54) is 11.3 Å². The number of aryl methyl sites for hydroxylation is 1. The van der Waals surface area contributed by atoms with Crippen molar-refractivity contribution < 1.29 is 4.79 Å². The Labute approximate surface area is 151 Å². The van der Waals surface area contributed by atoms with Gasteiger partial charge in [0.2, 0.25) is 0 Å². The smallest absolute Gasteiger partial charge is 0.263 e. The number of thiazole rings is 1. The van der Waals surface area contributed by atoms with Crippen LogP contribution in [0.2, 0.25) is 0 Å². The lowest BCUT2D eigenvalue weighted by atomic mass is 9.81. The van der Waals surface area contributed by atoms with Crippen LogP contribution in [0.25, 0.3) is 10.8 Å². The van der Waals surface area contributed by atoms with Gasteiger partial charge in [-0.3, -0.25) is 4.79 Å². The second-order valence-corrected chi connectivity index (χ2v) is 7.25. The third-order valence-electron chi connectivity index (χ3n) is 4.25. The fraction of sp³-hybridized carbons (Fsp3) is 0.500. The molecule has 130 valence electrons. The number of aromatic nitrogens is 3. The quantitative estimate of drug-likeness (QED) is 0.867. The van der Waals surface area contributed by atoms with Crippen LogP contribution in [0.5, 0.6) is 0 Å². The predicted molar refractivity (Wildman–Crippen MR) is 97.7 cm³/mol. The largest absolute Gasteiger partial charge is 0.351 e. The van der Waals surface area contributed by atoms with Crippen LogP contribution >= 0.6 is 23.7 Å². The Morgan fingerprint density at radius 2 is 2.00 bits per heavy atom. The van der Waals surface area contributed by atoms with Gasteiger partial charge in [0.1, 0.15) is 4.88 Å². The molecule has 3 heterocycles. The number of hydrogen-bond donors (Lipinski definition) is 2. The number of rotatable bonds is 4. The maximum Gasteiger partial charge on any atom is 0.263 e. The first kappa shape index (κ1) is 18.8. The highest BCUT2D eigenvalue weighted by molar-refractivity contribution is 7.17. The maximum atomic E-state index is 12.5. The molecule has 0 bridgehead atoms. The number of carbonyl (C=O) groups is 1. The van der Waals surface area contributed by atoms with E-state index in [1.807, 2.05) is 6.92 Å². The van der Waals surface area contributed by atoms with Gasteiger partial charge >= 0.3 is 0 Å². The standard InChI is InChI=1S/C16H21N5OS.ClH/c1-11-12(23-15(21-11)13-18-6-3-7-19-13)14(22)20-10-16(2)4-8-17-9-5-16;/h3,6-7,17H,4-5,8-10H2,1-2H3,(H,20,22);1H. The minimum absolute atomic E-state index is 0. The molecule has 3 rings (SSSR count). The summed E-state index contributed by atoms with van der Waals surface area (Å²) in [6.07, 6.45) is 5.52. The van der Waals surface area contributed by atoms with E-state index in [1.54, 1.807) is 18.5 Å². The zero-order valence-corrected chi connectivity index (χ0v) is 15.5. The summed E-state index contributed by atoms with van der Waals surface area (Å²) in [4.78, 5) is 26.0. The van der Waals surface area contributed by atoms with Gasteiger partial charge in [-0.15, -0.1) is 23.7 Å². The number of carbonyl (C=O) groups excluding carboxylic acids is 1. The molecule has 1 fully saturated rings. The normalized spacial score (nSPS) is 16.2. The zero-order valence-electron chi connectivity index (χ0n) is 13.8. The van der Waals surface area contributed by atoms with Gasteiger partial charge in [0.15, 0.2) is 10.8 Å². The summed E-state index contributed by atoms with van der Waals surface area (Å²) < 4.78 is 0. The van der Waals surface area contributed by atoms with E-state index in [-0.39, 0.29) is 23.7 Å². The van der Waals surface area contributed by atoms with Crippen molar-refractivity contribution >= 4 is 29.7 Å². The molecule has 0 atom stereocenters. The minimum Gasteiger partial charge on any atom is -0.351 e. The maximum absolute atomic E-state index is 12.5. The Kier molecular flexibility index (Phi) is 6.26. The number of amides is 1. The second kappa shape index (κ2) is 8.00. The number of halogens is 1. The molecule has 0 unspecified atom stereocenters. The van der Waals surface area contributed by atoms with Gasteiger partial charge < -0.3 is 10.6 Å². The molecule has 2 N–H and O–H groups in total. The summed E-state index contributed by atoms with van der Waals surface area (Å²) in [6, 6.07) is 1.76. The van der Waals surface area contributed by atoms with Crippen LogP contribution in [-0.4, -0.2) is 40.5 Å². The molecular weight excluding hydrogens is 346 g/mol. The molecule has 8 heteroatoms. The van der Waals surface area contributed by atoms with Crippen LogP contribution in [0, 0.1) is 12.3 Å². The number of hydrogen-bond acceptors (Lipinski definition) is 6. The highest BCUT2D eigenvalue weighted by atomic mass is 35.5. The first-order valence-electron chi connectivity index (χ1n) is 7.81. The summed E-state index contributed by atoms with van der Waals surface area (Å²) in [7, 11) is 0. The van der Waals surface area contributed by atoms with Gasteiger partial charge in [0.25, 0.3) is 5.91 Å². The topological polar surface area (TPSA) is 79.8 Å². The molecule has 0 radical (unpaired) electrons. The fourth-order valence-electron chi connectivity index (χ4n) is 2.69. The molecule has 1 aliphatic heterocycles. The molecule has 1 aliphatic rings. The summed E-state index contributed by atoms with van der Waals surface area (Å²) in [5, 5.41) is 7.11. The summed E-state index contributed by atoms with van der Waals surface area (Å²) >= 11 is 1.35. The van der Waals surface area contributed by atoms with Crippen molar-refractivity contribution in [3.63, 3.8) is 0 Å². The van der Waals surface area contributed by atoms with Crippen molar-refractivity contribution in [3.8, 4) is 10.8 Å². The Hall–Kier alpha value is -1.57. The Bertz CT molecular complexity index is 685. The van der Waals surface area contributed by atoms with Crippen molar-refractivity contribution in [2.24, 2.45) is 5.41 Å². The number of nitrogens with zero attached hydrogens (tertiary/aromatic N) is 3. The first-order chi connectivity index (χ1) is 11.1. The number of piperidine rings is 1. The summed E-state index contributed by atoms with van der Waals surface area (Å²) in [5.41, 5.74) is 0.899. The Morgan fingerprint density at radius 3 is 2.67 bits per heavy atom. The van der Waals surface area contributed by atoms with Gasteiger partial charge in [-0.25, -0.2) is 15.0 Å². The van der Waals surface area contributed by atoms with E-state index in [0.29, 0.717) is 22.3 Å². The molecule has 24 heavy (non-hydrogen) atoms. The molecule has 0 spiro atoms. The van der Waals surface area contributed by atoms with Crippen LogP contribution in [0.4, 0.5) is 0 Å². The lowest BCUT2D eigenvalue weighted by Gasteiger charge is -2.34. The van der Waals surface area contributed by atoms with Crippen LogP contribution in [0.15, 0.2) is 18.5 Å². The molecule has 1 saturated heterocycles. The predicted octanol–water partition coefficient (Wildman–Crippen LogP) is 2.45. The van der Waals surface area contributed by atoms with Gasteiger partial charge in [-0.05, 0) is 44.3 Å². The average molecular weight is 368 g/mol. The monoisotopic (exact) mass is 367 g/mol. The number of nitrogens with one attached hydrogen (secondary N) is 2. The molecule has 0 aliphatic carbocycles. The lowest BCUT2D eigenvalue weighted by molar-refractivity contribution is 0.0925. The fourth-order valence-corrected chi connectivity index (χ4v) is 3.62. The van der Waals surface area contributed by atoms with Crippen LogP contribution < -0.4 is 10.6 Å². The van der Waals surface area contributed by atoms with Crippen LogP contribution in [-0.2, 0) is 0 Å². The van der Waals surface area contributed by atoms with Crippen molar-refractivity contribution in [3.05, 3.63) is 29.0 Å². The van der Waals surface area contributed by atoms with E-state index in [0.717, 1.165) is 31.6 Å². The lowest BCUT2D eigenvalue weighted by Crippen LogP contribution is -2.42. The van der Waals surface area contributed by atoms with Crippen molar-refractivity contribution in [1.82, 2.24) is 25.6 Å². The van der Waals surface area contributed by atoms with Gasteiger partial charge in [-0.1, -0.05) is 6.92 Å². The van der Waals surface area contributed by atoms with E-state index in [2.05, 4.69) is 32.5 Å².